The molecule has 26 heavy (non-hydrogen) atoms. The van der Waals surface area contributed by atoms with Gasteiger partial charge >= 0.3 is 0 Å². The number of carbonyl (C=O) groups is 1. The lowest BCUT2D eigenvalue weighted by molar-refractivity contribution is 0.0827. The summed E-state index contributed by atoms with van der Waals surface area (Å²) in [5.41, 5.74) is 6.28. The lowest BCUT2D eigenvalue weighted by atomic mass is 10.1. The molecule has 130 valence electrons. The van der Waals surface area contributed by atoms with Gasteiger partial charge < -0.3 is 9.47 Å². The molecule has 1 amide bonds. The summed E-state index contributed by atoms with van der Waals surface area (Å²) in [6.07, 6.45) is 0. The number of fused-ring (bicyclic) bond motifs is 1. The zero-order chi connectivity index (χ0) is 18.1. The van der Waals surface area contributed by atoms with Gasteiger partial charge in [-0.3, -0.25) is 4.79 Å². The Morgan fingerprint density at radius 1 is 1.15 bits per heavy atom. The minimum atomic E-state index is -0.0280. The Labute approximate surface area is 155 Å². The Balaban J connectivity index is 1.87. The largest absolute Gasteiger partial charge is 0.345 e. The highest BCUT2D eigenvalue weighted by molar-refractivity contribution is 7.07. The Kier molecular flexibility index (Phi) is 4.26. The summed E-state index contributed by atoms with van der Waals surface area (Å²) in [6.45, 7) is 0.700. The standard InChI is InChI=1S/C20H18N4OS/c1-23(2)20(25)15-8-9-18-16(10-15)22-19(17-12-26-13-21-17)24(18)11-14-6-4-3-5-7-14/h3-10,12-13H,11H2,1-2H3. The average molecular weight is 362 g/mol. The van der Waals surface area contributed by atoms with Crippen LogP contribution in [-0.2, 0) is 6.54 Å². The van der Waals surface area contributed by atoms with Gasteiger partial charge in [-0.1, -0.05) is 30.3 Å². The van der Waals surface area contributed by atoms with Crippen LogP contribution >= 0.6 is 11.3 Å². The highest BCUT2D eigenvalue weighted by Crippen LogP contribution is 2.26. The average Bonchev–Trinajstić information content (AvgIpc) is 3.29. The smallest absolute Gasteiger partial charge is 0.253 e. The van der Waals surface area contributed by atoms with E-state index in [1.165, 1.54) is 5.56 Å². The molecule has 0 aliphatic rings. The van der Waals surface area contributed by atoms with Crippen LogP contribution in [-0.4, -0.2) is 39.4 Å². The topological polar surface area (TPSA) is 51.0 Å². The van der Waals surface area contributed by atoms with E-state index in [1.807, 2.05) is 47.3 Å². The van der Waals surface area contributed by atoms with Crippen molar-refractivity contribution in [1.29, 1.82) is 0 Å². The molecule has 0 spiro atoms. The summed E-state index contributed by atoms with van der Waals surface area (Å²) in [4.78, 5) is 23.1. The van der Waals surface area contributed by atoms with Crippen molar-refractivity contribution in [2.45, 2.75) is 6.54 Å². The predicted octanol–water partition coefficient (Wildman–Crippen LogP) is 3.91. The molecule has 0 N–H and O–H groups in total. The molecule has 0 saturated heterocycles. The molecule has 5 nitrogen and oxygen atoms in total. The summed E-state index contributed by atoms with van der Waals surface area (Å²) in [6, 6.07) is 16.0. The first kappa shape index (κ1) is 16.5. The normalized spacial score (nSPS) is 11.0. The number of imidazole rings is 1. The van der Waals surface area contributed by atoms with Gasteiger partial charge in [0.1, 0.15) is 5.69 Å². The van der Waals surface area contributed by atoms with Crippen LogP contribution < -0.4 is 0 Å². The minimum absolute atomic E-state index is 0.0280. The molecular formula is C20H18N4OS. The van der Waals surface area contributed by atoms with Crippen LogP contribution in [0.4, 0.5) is 0 Å². The van der Waals surface area contributed by atoms with Gasteiger partial charge in [0.25, 0.3) is 5.91 Å². The van der Waals surface area contributed by atoms with E-state index in [-0.39, 0.29) is 5.91 Å². The van der Waals surface area contributed by atoms with E-state index >= 15 is 0 Å². The molecule has 0 saturated carbocycles. The van der Waals surface area contributed by atoms with Crippen LogP contribution in [0.3, 0.4) is 0 Å². The number of aromatic nitrogens is 3. The first-order valence-electron chi connectivity index (χ1n) is 8.28. The van der Waals surface area contributed by atoms with Gasteiger partial charge in [0.05, 0.1) is 16.5 Å². The van der Waals surface area contributed by atoms with Crippen LogP contribution in [0.5, 0.6) is 0 Å². The summed E-state index contributed by atoms with van der Waals surface area (Å²) in [5.74, 6) is 0.791. The van der Waals surface area contributed by atoms with Gasteiger partial charge in [-0.2, -0.15) is 0 Å². The SMILES string of the molecule is CN(C)C(=O)c1ccc2c(c1)nc(-c1cscn1)n2Cc1ccccc1. The quantitative estimate of drug-likeness (QED) is 0.553. The molecule has 0 aliphatic carbocycles. The van der Waals surface area contributed by atoms with Crippen LogP contribution in [0, 0.1) is 0 Å². The number of benzene rings is 2. The van der Waals surface area contributed by atoms with E-state index in [2.05, 4.69) is 21.7 Å². The van der Waals surface area contributed by atoms with Crippen molar-refractivity contribution in [3.05, 3.63) is 70.5 Å². The highest BCUT2D eigenvalue weighted by atomic mass is 32.1. The highest BCUT2D eigenvalue weighted by Gasteiger charge is 2.17. The van der Waals surface area contributed by atoms with E-state index in [9.17, 15) is 4.79 Å². The van der Waals surface area contributed by atoms with Crippen LogP contribution in [0.1, 0.15) is 15.9 Å². The number of thiazole rings is 1. The van der Waals surface area contributed by atoms with Crippen molar-refractivity contribution in [1.82, 2.24) is 19.4 Å². The first-order valence-corrected chi connectivity index (χ1v) is 9.22. The predicted molar refractivity (Wildman–Crippen MR) is 104 cm³/mol. The Hall–Kier alpha value is -2.99. The molecule has 0 radical (unpaired) electrons. The lowest BCUT2D eigenvalue weighted by Crippen LogP contribution is -2.21. The summed E-state index contributed by atoms with van der Waals surface area (Å²) < 4.78 is 2.16. The fourth-order valence-corrected chi connectivity index (χ4v) is 3.50. The van der Waals surface area contributed by atoms with Crippen molar-refractivity contribution >= 4 is 28.3 Å². The molecular weight excluding hydrogens is 344 g/mol. The van der Waals surface area contributed by atoms with Gasteiger partial charge in [0.15, 0.2) is 5.82 Å². The van der Waals surface area contributed by atoms with Gasteiger partial charge in [-0.05, 0) is 23.8 Å². The van der Waals surface area contributed by atoms with E-state index in [1.54, 1.807) is 30.3 Å². The molecule has 2 heterocycles. The van der Waals surface area contributed by atoms with Gasteiger partial charge in [0, 0.05) is 31.6 Å². The molecule has 2 aromatic carbocycles. The summed E-state index contributed by atoms with van der Waals surface area (Å²) in [5, 5.41) is 1.99. The molecule has 6 heteroatoms. The molecule has 0 aliphatic heterocycles. The Morgan fingerprint density at radius 2 is 1.96 bits per heavy atom. The Morgan fingerprint density at radius 3 is 2.65 bits per heavy atom. The summed E-state index contributed by atoms with van der Waals surface area (Å²) >= 11 is 1.55. The number of carbonyl (C=O) groups excluding carboxylic acids is 1. The van der Waals surface area contributed by atoms with Crippen LogP contribution in [0.25, 0.3) is 22.6 Å². The van der Waals surface area contributed by atoms with E-state index < -0.39 is 0 Å². The van der Waals surface area contributed by atoms with Crippen molar-refractivity contribution in [2.75, 3.05) is 14.1 Å². The Bertz CT molecular complexity index is 1050. The maximum Gasteiger partial charge on any atom is 0.253 e. The van der Waals surface area contributed by atoms with Crippen molar-refractivity contribution in [2.24, 2.45) is 0 Å². The third-order valence-electron chi connectivity index (χ3n) is 4.25. The molecule has 4 rings (SSSR count). The minimum Gasteiger partial charge on any atom is -0.345 e. The number of amides is 1. The fourth-order valence-electron chi connectivity index (χ4n) is 2.97. The van der Waals surface area contributed by atoms with Gasteiger partial charge in [-0.15, -0.1) is 11.3 Å². The molecule has 0 unspecified atom stereocenters. The number of rotatable bonds is 4. The monoisotopic (exact) mass is 362 g/mol. The van der Waals surface area contributed by atoms with Crippen LogP contribution in [0.15, 0.2) is 59.4 Å². The van der Waals surface area contributed by atoms with Gasteiger partial charge in [-0.25, -0.2) is 9.97 Å². The van der Waals surface area contributed by atoms with Crippen molar-refractivity contribution < 1.29 is 4.79 Å². The maximum absolute atomic E-state index is 12.3. The van der Waals surface area contributed by atoms with E-state index in [4.69, 9.17) is 4.98 Å². The second-order valence-corrected chi connectivity index (χ2v) is 7.00. The van der Waals surface area contributed by atoms with Crippen LogP contribution in [0.2, 0.25) is 0 Å². The third-order valence-corrected chi connectivity index (χ3v) is 4.83. The first-order chi connectivity index (χ1) is 12.6. The third kappa shape index (κ3) is 2.99. The molecule has 4 aromatic rings. The molecule has 0 bridgehead atoms. The summed E-state index contributed by atoms with van der Waals surface area (Å²) in [7, 11) is 3.50. The van der Waals surface area contributed by atoms with E-state index in [0.29, 0.717) is 12.1 Å². The zero-order valence-electron chi connectivity index (χ0n) is 14.6. The number of nitrogens with zero attached hydrogens (tertiary/aromatic N) is 4. The maximum atomic E-state index is 12.3. The zero-order valence-corrected chi connectivity index (χ0v) is 15.4. The van der Waals surface area contributed by atoms with Crippen molar-refractivity contribution in [3.8, 4) is 11.5 Å². The number of hydrogen-bond acceptors (Lipinski definition) is 4. The second kappa shape index (κ2) is 6.72. The van der Waals surface area contributed by atoms with Crippen molar-refractivity contribution in [3.63, 3.8) is 0 Å². The molecule has 2 aromatic heterocycles. The van der Waals surface area contributed by atoms with E-state index in [0.717, 1.165) is 22.6 Å². The molecule has 0 atom stereocenters. The molecule has 0 fully saturated rings. The fraction of sp³-hybridized carbons (Fsp3) is 0.150. The number of hydrogen-bond donors (Lipinski definition) is 0. The van der Waals surface area contributed by atoms with Gasteiger partial charge in [0.2, 0.25) is 0 Å². The lowest BCUT2D eigenvalue weighted by Gasteiger charge is -2.11. The second-order valence-electron chi connectivity index (χ2n) is 6.28.